The average molecular weight is 408 g/mol. The lowest BCUT2D eigenvalue weighted by atomic mass is 10.0. The minimum Gasteiger partial charge on any atom is -0.345 e. The molecule has 0 radical (unpaired) electrons. The third-order valence-electron chi connectivity index (χ3n) is 4.80. The summed E-state index contributed by atoms with van der Waals surface area (Å²) in [7, 11) is -1.90. The molecule has 0 saturated carbocycles. The van der Waals surface area contributed by atoms with Gasteiger partial charge in [0.1, 0.15) is 10.6 Å². The zero-order chi connectivity index (χ0) is 19.6. The van der Waals surface area contributed by atoms with Gasteiger partial charge in [0.05, 0.1) is 0 Å². The van der Waals surface area contributed by atoms with Crippen molar-refractivity contribution in [2.24, 2.45) is 13.0 Å². The van der Waals surface area contributed by atoms with Gasteiger partial charge in [-0.2, -0.15) is 4.31 Å². The molecule has 1 aliphatic rings. The van der Waals surface area contributed by atoms with Gasteiger partial charge in [-0.1, -0.05) is 13.0 Å². The molecule has 0 unspecified atom stereocenters. The number of amides is 1. The fourth-order valence-corrected chi connectivity index (χ4v) is 5.44. The molecule has 146 valence electrons. The van der Waals surface area contributed by atoms with Gasteiger partial charge in [-0.3, -0.25) is 4.79 Å². The summed E-state index contributed by atoms with van der Waals surface area (Å²) in [6.45, 7) is 3.12. The van der Waals surface area contributed by atoms with Crippen molar-refractivity contribution < 1.29 is 13.2 Å². The first-order chi connectivity index (χ1) is 12.8. The second-order valence-corrected chi connectivity index (χ2v) is 9.79. The van der Waals surface area contributed by atoms with Crippen LogP contribution in [0.25, 0.3) is 0 Å². The number of hydrogen-bond acceptors (Lipinski definition) is 4. The van der Waals surface area contributed by atoms with E-state index < -0.39 is 10.0 Å². The van der Waals surface area contributed by atoms with Crippen molar-refractivity contribution in [2.45, 2.75) is 29.6 Å². The number of rotatable bonds is 5. The van der Waals surface area contributed by atoms with E-state index in [9.17, 15) is 13.2 Å². The highest BCUT2D eigenvalue weighted by Gasteiger charge is 2.30. The number of hydrogen-bond donors (Lipinski definition) is 1. The van der Waals surface area contributed by atoms with Gasteiger partial charge in [-0.05, 0) is 49.3 Å². The summed E-state index contributed by atoms with van der Waals surface area (Å²) in [5.74, 6) is 0.0212. The van der Waals surface area contributed by atoms with Gasteiger partial charge >= 0.3 is 0 Å². The lowest BCUT2D eigenvalue weighted by Gasteiger charge is -2.29. The van der Waals surface area contributed by atoms with E-state index in [2.05, 4.69) is 12.2 Å². The Labute approximate surface area is 165 Å². The van der Waals surface area contributed by atoms with Crippen LogP contribution in [-0.4, -0.2) is 42.5 Å². The molecular formula is C19H25N3O3S2. The number of sulfonamides is 1. The number of thioether (sulfide) groups is 1. The zero-order valence-corrected chi connectivity index (χ0v) is 17.4. The van der Waals surface area contributed by atoms with Crippen molar-refractivity contribution >= 4 is 33.4 Å². The van der Waals surface area contributed by atoms with Crippen LogP contribution in [0.1, 0.15) is 30.3 Å². The van der Waals surface area contributed by atoms with Crippen LogP contribution in [0.15, 0.2) is 46.3 Å². The Bertz CT molecular complexity index is 937. The second kappa shape index (κ2) is 8.08. The number of anilines is 1. The largest absolute Gasteiger partial charge is 0.345 e. The van der Waals surface area contributed by atoms with E-state index in [4.69, 9.17) is 0 Å². The molecule has 1 aliphatic heterocycles. The van der Waals surface area contributed by atoms with E-state index in [1.165, 1.54) is 16.6 Å². The number of nitrogens with zero attached hydrogens (tertiary/aromatic N) is 2. The topological polar surface area (TPSA) is 71.4 Å². The molecule has 8 heteroatoms. The summed E-state index contributed by atoms with van der Waals surface area (Å²) >= 11 is 1.59. The highest BCUT2D eigenvalue weighted by atomic mass is 32.2. The molecule has 0 spiro atoms. The van der Waals surface area contributed by atoms with Crippen molar-refractivity contribution in [2.75, 3.05) is 24.7 Å². The van der Waals surface area contributed by atoms with Crippen LogP contribution in [0.4, 0.5) is 5.69 Å². The highest BCUT2D eigenvalue weighted by Crippen LogP contribution is 2.25. The van der Waals surface area contributed by atoms with Crippen LogP contribution in [0.3, 0.4) is 0 Å². The Hall–Kier alpha value is -1.77. The third kappa shape index (κ3) is 4.39. The smallest absolute Gasteiger partial charge is 0.272 e. The average Bonchev–Trinajstić information content (AvgIpc) is 3.04. The van der Waals surface area contributed by atoms with E-state index in [0.29, 0.717) is 30.4 Å². The van der Waals surface area contributed by atoms with E-state index in [0.717, 1.165) is 17.7 Å². The van der Waals surface area contributed by atoms with Gasteiger partial charge in [0.15, 0.2) is 0 Å². The SMILES string of the molecule is CSc1cccc(NC(=O)c2cc(S(=O)(=O)N3CCC[C@H](C)C3)cn2C)c1. The number of carbonyl (C=O) groups is 1. The number of aromatic nitrogens is 1. The van der Waals surface area contributed by atoms with Crippen molar-refractivity contribution in [3.8, 4) is 0 Å². The summed E-state index contributed by atoms with van der Waals surface area (Å²) in [5.41, 5.74) is 0.996. The Morgan fingerprint density at radius 1 is 1.30 bits per heavy atom. The summed E-state index contributed by atoms with van der Waals surface area (Å²) in [4.78, 5) is 13.9. The quantitative estimate of drug-likeness (QED) is 0.771. The third-order valence-corrected chi connectivity index (χ3v) is 7.35. The van der Waals surface area contributed by atoms with E-state index in [1.807, 2.05) is 30.5 Å². The predicted octanol–water partition coefficient (Wildman–Crippen LogP) is 3.42. The zero-order valence-electron chi connectivity index (χ0n) is 15.8. The fourth-order valence-electron chi connectivity index (χ4n) is 3.31. The van der Waals surface area contributed by atoms with E-state index in [-0.39, 0.29) is 10.8 Å². The number of benzene rings is 1. The molecule has 0 bridgehead atoms. The summed E-state index contributed by atoms with van der Waals surface area (Å²) in [6, 6.07) is 9.00. The molecule has 6 nitrogen and oxygen atoms in total. The number of carbonyl (C=O) groups excluding carboxylic acids is 1. The van der Waals surface area contributed by atoms with Gasteiger partial charge in [-0.25, -0.2) is 8.42 Å². The first-order valence-corrected chi connectivity index (χ1v) is 11.6. The summed E-state index contributed by atoms with van der Waals surface area (Å²) in [6.07, 6.45) is 5.40. The molecule has 0 aliphatic carbocycles. The molecule has 1 saturated heterocycles. The number of nitrogens with one attached hydrogen (secondary N) is 1. The van der Waals surface area contributed by atoms with Crippen molar-refractivity contribution in [1.82, 2.24) is 8.87 Å². The van der Waals surface area contributed by atoms with Crippen molar-refractivity contribution in [3.05, 3.63) is 42.2 Å². The molecule has 1 atom stereocenters. The van der Waals surface area contributed by atoms with Gasteiger partial charge in [0.25, 0.3) is 5.91 Å². The van der Waals surface area contributed by atoms with Gasteiger partial charge in [0, 0.05) is 36.9 Å². The fraction of sp³-hybridized carbons (Fsp3) is 0.421. The van der Waals surface area contributed by atoms with Crippen LogP contribution in [0.5, 0.6) is 0 Å². The molecule has 27 heavy (non-hydrogen) atoms. The van der Waals surface area contributed by atoms with Crippen molar-refractivity contribution in [3.63, 3.8) is 0 Å². The molecule has 3 rings (SSSR count). The van der Waals surface area contributed by atoms with Crippen LogP contribution in [-0.2, 0) is 17.1 Å². The van der Waals surface area contributed by atoms with Crippen LogP contribution in [0.2, 0.25) is 0 Å². The Balaban J connectivity index is 1.82. The molecule has 1 N–H and O–H groups in total. The van der Waals surface area contributed by atoms with Gasteiger partial charge in [0.2, 0.25) is 10.0 Å². The molecule has 1 aromatic carbocycles. The normalized spacial score (nSPS) is 18.4. The summed E-state index contributed by atoms with van der Waals surface area (Å²) < 4.78 is 29.0. The predicted molar refractivity (Wildman–Crippen MR) is 109 cm³/mol. The molecule has 1 fully saturated rings. The maximum absolute atomic E-state index is 12.9. The monoisotopic (exact) mass is 407 g/mol. The maximum Gasteiger partial charge on any atom is 0.272 e. The Kier molecular flexibility index (Phi) is 5.98. The van der Waals surface area contributed by atoms with E-state index >= 15 is 0 Å². The number of aryl methyl sites for hydroxylation is 1. The molecule has 1 amide bonds. The molecule has 2 heterocycles. The Morgan fingerprint density at radius 2 is 2.07 bits per heavy atom. The molecule has 2 aromatic rings. The summed E-state index contributed by atoms with van der Waals surface area (Å²) in [5, 5.41) is 2.84. The van der Waals surface area contributed by atoms with Gasteiger partial charge in [-0.15, -0.1) is 11.8 Å². The highest BCUT2D eigenvalue weighted by molar-refractivity contribution is 7.98. The maximum atomic E-state index is 12.9. The minimum absolute atomic E-state index is 0.169. The number of piperidine rings is 1. The minimum atomic E-state index is -3.58. The van der Waals surface area contributed by atoms with Crippen LogP contribution in [0, 0.1) is 5.92 Å². The lowest BCUT2D eigenvalue weighted by molar-refractivity contribution is 0.101. The Morgan fingerprint density at radius 3 is 2.78 bits per heavy atom. The first-order valence-electron chi connectivity index (χ1n) is 8.93. The van der Waals surface area contributed by atoms with Crippen LogP contribution < -0.4 is 5.32 Å². The van der Waals surface area contributed by atoms with Gasteiger partial charge < -0.3 is 9.88 Å². The standard InChI is InChI=1S/C19H25N3O3S2/c1-14-6-5-9-22(12-14)27(24,25)17-11-18(21(2)13-17)19(23)20-15-7-4-8-16(10-15)26-3/h4,7-8,10-11,13-14H,5-6,9,12H2,1-3H3,(H,20,23)/t14-/m0/s1. The van der Waals surface area contributed by atoms with Crippen LogP contribution >= 0.6 is 11.8 Å². The lowest BCUT2D eigenvalue weighted by Crippen LogP contribution is -2.38. The molecular weight excluding hydrogens is 382 g/mol. The molecule has 1 aromatic heterocycles. The second-order valence-electron chi connectivity index (χ2n) is 6.97. The van der Waals surface area contributed by atoms with E-state index in [1.54, 1.807) is 23.4 Å². The van der Waals surface area contributed by atoms with Crippen molar-refractivity contribution in [1.29, 1.82) is 0 Å². The first kappa shape index (κ1) is 20.0.